The van der Waals surface area contributed by atoms with Crippen LogP contribution in [0.25, 0.3) is 0 Å². The first-order valence-corrected chi connectivity index (χ1v) is 13.5. The molecule has 13 nitrogen and oxygen atoms in total. The van der Waals surface area contributed by atoms with Crippen LogP contribution in [-0.2, 0) is 27.2 Å². The number of piperidine rings is 1. The zero-order valence-electron chi connectivity index (χ0n) is 22.7. The summed E-state index contributed by atoms with van der Waals surface area (Å²) in [6.45, 7) is 4.61. The van der Waals surface area contributed by atoms with E-state index < -0.39 is 11.7 Å². The van der Waals surface area contributed by atoms with Gasteiger partial charge in [-0.3, -0.25) is 14.5 Å². The number of nitrogens with two attached hydrogens (primary N) is 1. The molecule has 0 bridgehead atoms. The van der Waals surface area contributed by atoms with Crippen LogP contribution >= 0.6 is 0 Å². The molecule has 14 heteroatoms. The van der Waals surface area contributed by atoms with E-state index in [0.29, 0.717) is 49.9 Å². The standard InChI is InChI=1S/C26H31FN6O5.CH2O2/c1-15(28)12-36-18-8-17-6-16(7-19(17)20(27)9-18)11-32-4-2-26(3-5-32)14-33(25(35)38-26)21-10-29-24-23(30-21)31-22(34)13-37-24;2-1-3/h8-10,15-16H,2-7,11-14,28H2,1H3,(H,30,31,34);1H,(H,2,3). The summed E-state index contributed by atoms with van der Waals surface area (Å²) in [5, 5.41) is 9.50. The maximum absolute atomic E-state index is 14.7. The van der Waals surface area contributed by atoms with E-state index in [1.807, 2.05) is 13.0 Å². The lowest BCUT2D eigenvalue weighted by Crippen LogP contribution is -2.48. The van der Waals surface area contributed by atoms with Gasteiger partial charge in [0.25, 0.3) is 18.3 Å². The Morgan fingerprint density at radius 3 is 2.80 bits per heavy atom. The van der Waals surface area contributed by atoms with E-state index >= 15 is 0 Å². The number of anilines is 2. The maximum atomic E-state index is 14.7. The van der Waals surface area contributed by atoms with E-state index in [9.17, 15) is 14.0 Å². The highest BCUT2D eigenvalue weighted by Crippen LogP contribution is 2.38. The number of hydrogen-bond donors (Lipinski definition) is 3. The van der Waals surface area contributed by atoms with Gasteiger partial charge in [0.1, 0.15) is 23.8 Å². The zero-order valence-corrected chi connectivity index (χ0v) is 22.7. The highest BCUT2D eigenvalue weighted by atomic mass is 19.1. The van der Waals surface area contributed by atoms with Crippen molar-refractivity contribution >= 4 is 30.1 Å². The fourth-order valence-corrected chi connectivity index (χ4v) is 5.74. The number of amides is 2. The minimum Gasteiger partial charge on any atom is -0.492 e. The third-order valence-electron chi connectivity index (χ3n) is 7.63. The SMILES string of the molecule is CC(N)COc1cc(F)c2c(c1)CC(CN1CCC3(CC1)CN(c1cnc4c(n1)NC(=O)CO4)C(=O)O3)C2.O=CO. The normalized spacial score (nSPS) is 21.5. The van der Waals surface area contributed by atoms with Crippen LogP contribution in [0, 0.1) is 11.7 Å². The highest BCUT2D eigenvalue weighted by Gasteiger charge is 2.48. The van der Waals surface area contributed by atoms with E-state index in [-0.39, 0.29) is 42.5 Å². The number of nitrogens with one attached hydrogen (secondary N) is 1. The van der Waals surface area contributed by atoms with Crippen molar-refractivity contribution in [2.24, 2.45) is 11.7 Å². The van der Waals surface area contributed by atoms with Gasteiger partial charge in [0.15, 0.2) is 18.2 Å². The molecule has 1 aromatic heterocycles. The summed E-state index contributed by atoms with van der Waals surface area (Å²) >= 11 is 0. The molecule has 1 spiro atoms. The van der Waals surface area contributed by atoms with E-state index in [2.05, 4.69) is 20.2 Å². The molecule has 2 amide bonds. The molecular weight excluding hydrogens is 539 g/mol. The maximum Gasteiger partial charge on any atom is 0.416 e. The van der Waals surface area contributed by atoms with Gasteiger partial charge in [-0.2, -0.15) is 0 Å². The Balaban J connectivity index is 0.00000108. The van der Waals surface area contributed by atoms with Gasteiger partial charge < -0.3 is 35.3 Å². The third kappa shape index (κ3) is 6.33. The number of carbonyl (C=O) groups is 3. The summed E-state index contributed by atoms with van der Waals surface area (Å²) in [7, 11) is 0. The lowest BCUT2D eigenvalue weighted by Gasteiger charge is -2.38. The van der Waals surface area contributed by atoms with E-state index in [4.69, 9.17) is 29.8 Å². The number of nitrogens with zero attached hydrogens (tertiary/aromatic N) is 4. The van der Waals surface area contributed by atoms with Gasteiger partial charge in [0, 0.05) is 44.6 Å². The number of benzene rings is 1. The molecule has 1 aliphatic carbocycles. The van der Waals surface area contributed by atoms with Crippen LogP contribution < -0.4 is 25.4 Å². The lowest BCUT2D eigenvalue weighted by molar-refractivity contribution is -0.123. The topological polar surface area (TPSA) is 169 Å². The molecule has 2 atom stereocenters. The van der Waals surface area contributed by atoms with E-state index in [1.165, 1.54) is 17.2 Å². The van der Waals surface area contributed by atoms with Gasteiger partial charge in [-0.05, 0) is 42.9 Å². The molecule has 4 N–H and O–H groups in total. The Bertz CT molecular complexity index is 1320. The van der Waals surface area contributed by atoms with Crippen LogP contribution in [0.4, 0.5) is 20.8 Å². The molecule has 2 saturated heterocycles. The minimum absolute atomic E-state index is 0.113. The number of likely N-dealkylation sites (tertiary alicyclic amines) is 1. The van der Waals surface area contributed by atoms with Gasteiger partial charge in [-0.1, -0.05) is 0 Å². The Hall–Kier alpha value is -4.04. The van der Waals surface area contributed by atoms with Crippen molar-refractivity contribution in [1.29, 1.82) is 0 Å². The van der Waals surface area contributed by atoms with Crippen LogP contribution in [0.2, 0.25) is 0 Å². The summed E-state index contributed by atoms with van der Waals surface area (Å²) in [6.07, 6.45) is 3.88. The quantitative estimate of drug-likeness (QED) is 0.430. The Kier molecular flexibility index (Phi) is 8.22. The second-order valence-electron chi connectivity index (χ2n) is 10.9. The number of halogens is 1. The van der Waals surface area contributed by atoms with Crippen molar-refractivity contribution in [3.63, 3.8) is 0 Å². The average Bonchev–Trinajstić information content (AvgIpc) is 3.49. The third-order valence-corrected chi connectivity index (χ3v) is 7.63. The molecule has 4 aliphatic rings. The van der Waals surface area contributed by atoms with Gasteiger partial charge in [0.2, 0.25) is 0 Å². The second-order valence-corrected chi connectivity index (χ2v) is 10.9. The molecule has 4 heterocycles. The number of fused-ring (bicyclic) bond motifs is 2. The first kappa shape index (κ1) is 28.5. The molecule has 6 rings (SSSR count). The first-order valence-electron chi connectivity index (χ1n) is 13.5. The summed E-state index contributed by atoms with van der Waals surface area (Å²) in [5.41, 5.74) is 6.95. The van der Waals surface area contributed by atoms with Crippen molar-refractivity contribution in [2.75, 3.05) is 49.6 Å². The van der Waals surface area contributed by atoms with Crippen molar-refractivity contribution in [3.05, 3.63) is 35.3 Å². The van der Waals surface area contributed by atoms with Gasteiger partial charge >= 0.3 is 6.09 Å². The van der Waals surface area contributed by atoms with Gasteiger partial charge in [0.05, 0.1) is 12.7 Å². The van der Waals surface area contributed by atoms with Crippen LogP contribution in [0.3, 0.4) is 0 Å². The Morgan fingerprint density at radius 1 is 1.32 bits per heavy atom. The van der Waals surface area contributed by atoms with Crippen LogP contribution in [0.15, 0.2) is 18.3 Å². The number of hydrogen-bond acceptors (Lipinski definition) is 10. The first-order chi connectivity index (χ1) is 19.7. The molecule has 0 saturated carbocycles. The largest absolute Gasteiger partial charge is 0.492 e. The average molecular weight is 573 g/mol. The number of carbonyl (C=O) groups excluding carboxylic acids is 2. The van der Waals surface area contributed by atoms with Crippen LogP contribution in [-0.4, -0.2) is 89.5 Å². The van der Waals surface area contributed by atoms with Crippen molar-refractivity contribution in [2.45, 2.75) is 44.2 Å². The molecule has 41 heavy (non-hydrogen) atoms. The Morgan fingerprint density at radius 2 is 2.07 bits per heavy atom. The summed E-state index contributed by atoms with van der Waals surface area (Å²) in [6, 6.07) is 3.29. The molecule has 0 radical (unpaired) electrons. The highest BCUT2D eigenvalue weighted by molar-refractivity contribution is 5.94. The molecular formula is C27H33FN6O7. The molecule has 2 unspecified atom stereocenters. The second kappa shape index (κ2) is 11.8. The summed E-state index contributed by atoms with van der Waals surface area (Å²) in [4.78, 5) is 45.1. The van der Waals surface area contributed by atoms with Crippen molar-refractivity contribution in [3.8, 4) is 11.6 Å². The lowest BCUT2D eigenvalue weighted by atomic mass is 9.90. The molecule has 1 aromatic carbocycles. The van der Waals surface area contributed by atoms with E-state index in [1.54, 1.807) is 0 Å². The smallest absolute Gasteiger partial charge is 0.416 e. The number of carboxylic acid groups (broad SMARTS) is 1. The number of rotatable bonds is 6. The predicted molar refractivity (Wildman–Crippen MR) is 144 cm³/mol. The van der Waals surface area contributed by atoms with Gasteiger partial charge in [-0.15, -0.1) is 0 Å². The monoisotopic (exact) mass is 572 g/mol. The fraction of sp³-hybridized carbons (Fsp3) is 0.519. The van der Waals surface area contributed by atoms with Gasteiger partial charge in [-0.25, -0.2) is 19.2 Å². The minimum atomic E-state index is -0.595. The molecule has 2 aromatic rings. The molecule has 2 fully saturated rings. The summed E-state index contributed by atoms with van der Waals surface area (Å²) in [5.74, 6) is 1.06. The number of ether oxygens (including phenoxy) is 3. The van der Waals surface area contributed by atoms with Crippen molar-refractivity contribution < 1.29 is 38.1 Å². The van der Waals surface area contributed by atoms with Crippen LogP contribution in [0.1, 0.15) is 30.9 Å². The van der Waals surface area contributed by atoms with Crippen molar-refractivity contribution in [1.82, 2.24) is 14.9 Å². The fourth-order valence-electron chi connectivity index (χ4n) is 5.74. The summed E-state index contributed by atoms with van der Waals surface area (Å²) < 4.78 is 31.5. The molecule has 220 valence electrons. The molecule has 3 aliphatic heterocycles. The van der Waals surface area contributed by atoms with E-state index in [0.717, 1.165) is 37.2 Å². The predicted octanol–water partition coefficient (Wildman–Crippen LogP) is 1.58. The van der Waals surface area contributed by atoms with Crippen LogP contribution in [0.5, 0.6) is 11.6 Å². The zero-order chi connectivity index (χ0) is 29.1. The Labute approximate surface area is 235 Å². The number of aromatic nitrogens is 2.